The molecule has 0 aliphatic rings. The minimum absolute atomic E-state index is 0.767. The normalized spacial score (nSPS) is 10.6. The van der Waals surface area contributed by atoms with Gasteiger partial charge in [-0.25, -0.2) is 9.97 Å². The van der Waals surface area contributed by atoms with E-state index in [0.29, 0.717) is 0 Å². The molecule has 0 fully saturated rings. The van der Waals surface area contributed by atoms with E-state index in [-0.39, 0.29) is 0 Å². The smallest absolute Gasteiger partial charge is 0.225 e. The van der Waals surface area contributed by atoms with Crippen LogP contribution in [0.4, 0.5) is 5.95 Å². The van der Waals surface area contributed by atoms with Gasteiger partial charge in [-0.2, -0.15) is 0 Å². The van der Waals surface area contributed by atoms with Gasteiger partial charge in [0.25, 0.3) is 0 Å². The third-order valence-corrected chi connectivity index (χ3v) is 3.27. The topological polar surface area (TPSA) is 53.9 Å². The fourth-order valence-corrected chi connectivity index (χ4v) is 1.99. The maximum absolute atomic E-state index is 4.43. The molecular weight excluding hydrogens is 262 g/mol. The standard InChI is InChI=1S/C16H23N5/c1-3-7-18-11-15-12-19-16(20-13-15)21(2)10-6-14-4-8-17-9-5-14/h4-5,8-9,12-13,18H,3,6-7,10-11H2,1-2H3. The highest BCUT2D eigenvalue weighted by atomic mass is 15.2. The molecule has 0 saturated carbocycles. The summed E-state index contributed by atoms with van der Waals surface area (Å²) in [5.74, 6) is 0.767. The molecular formula is C16H23N5. The fraction of sp³-hybridized carbons (Fsp3) is 0.438. The maximum Gasteiger partial charge on any atom is 0.225 e. The summed E-state index contributed by atoms with van der Waals surface area (Å²) in [6.07, 6.45) is 9.54. The predicted octanol–water partition coefficient (Wildman–Crippen LogP) is 2.05. The van der Waals surface area contributed by atoms with Crippen LogP contribution in [0.5, 0.6) is 0 Å². The van der Waals surface area contributed by atoms with Crippen molar-refractivity contribution in [2.75, 3.05) is 25.0 Å². The number of pyridine rings is 1. The molecule has 0 aromatic carbocycles. The van der Waals surface area contributed by atoms with Crippen molar-refractivity contribution in [2.45, 2.75) is 26.3 Å². The van der Waals surface area contributed by atoms with Gasteiger partial charge in [0.15, 0.2) is 0 Å². The first kappa shape index (κ1) is 15.4. The Labute approximate surface area is 126 Å². The summed E-state index contributed by atoms with van der Waals surface area (Å²) >= 11 is 0. The van der Waals surface area contributed by atoms with E-state index >= 15 is 0 Å². The lowest BCUT2D eigenvalue weighted by atomic mass is 10.2. The first-order chi connectivity index (χ1) is 10.3. The first-order valence-corrected chi connectivity index (χ1v) is 7.41. The van der Waals surface area contributed by atoms with E-state index in [0.717, 1.165) is 44.0 Å². The molecule has 1 N–H and O–H groups in total. The Morgan fingerprint density at radius 3 is 2.48 bits per heavy atom. The number of hydrogen-bond donors (Lipinski definition) is 1. The molecule has 2 heterocycles. The van der Waals surface area contributed by atoms with Crippen LogP contribution < -0.4 is 10.2 Å². The Hall–Kier alpha value is -2.01. The minimum Gasteiger partial charge on any atom is -0.344 e. The van der Waals surface area contributed by atoms with Crippen LogP contribution in [0.25, 0.3) is 0 Å². The highest BCUT2D eigenvalue weighted by Gasteiger charge is 2.04. The monoisotopic (exact) mass is 285 g/mol. The molecule has 112 valence electrons. The SMILES string of the molecule is CCCNCc1cnc(N(C)CCc2ccncc2)nc1. The molecule has 5 nitrogen and oxygen atoms in total. The van der Waals surface area contributed by atoms with Crippen LogP contribution >= 0.6 is 0 Å². The zero-order valence-electron chi connectivity index (χ0n) is 12.8. The van der Waals surface area contributed by atoms with E-state index in [1.165, 1.54) is 5.56 Å². The number of aromatic nitrogens is 3. The molecule has 0 amide bonds. The van der Waals surface area contributed by atoms with Crippen molar-refractivity contribution in [3.8, 4) is 0 Å². The molecule has 21 heavy (non-hydrogen) atoms. The second-order valence-corrected chi connectivity index (χ2v) is 5.10. The highest BCUT2D eigenvalue weighted by molar-refractivity contribution is 5.29. The third-order valence-electron chi connectivity index (χ3n) is 3.27. The number of nitrogens with zero attached hydrogens (tertiary/aromatic N) is 4. The molecule has 2 aromatic heterocycles. The molecule has 0 aliphatic heterocycles. The number of hydrogen-bond acceptors (Lipinski definition) is 5. The van der Waals surface area contributed by atoms with Crippen molar-refractivity contribution in [1.82, 2.24) is 20.3 Å². The van der Waals surface area contributed by atoms with Gasteiger partial charge in [-0.3, -0.25) is 4.98 Å². The first-order valence-electron chi connectivity index (χ1n) is 7.41. The number of anilines is 1. The zero-order valence-corrected chi connectivity index (χ0v) is 12.8. The van der Waals surface area contributed by atoms with Gasteiger partial charge in [-0.05, 0) is 37.1 Å². The largest absolute Gasteiger partial charge is 0.344 e. The van der Waals surface area contributed by atoms with E-state index in [1.807, 2.05) is 44.0 Å². The molecule has 0 saturated heterocycles. The fourth-order valence-electron chi connectivity index (χ4n) is 1.99. The van der Waals surface area contributed by atoms with Crippen molar-refractivity contribution in [3.63, 3.8) is 0 Å². The summed E-state index contributed by atoms with van der Waals surface area (Å²) < 4.78 is 0. The van der Waals surface area contributed by atoms with Crippen LogP contribution in [0.1, 0.15) is 24.5 Å². The average Bonchev–Trinajstić information content (AvgIpc) is 2.54. The predicted molar refractivity (Wildman–Crippen MR) is 85.2 cm³/mol. The summed E-state index contributed by atoms with van der Waals surface area (Å²) in [5, 5.41) is 3.35. The van der Waals surface area contributed by atoms with Gasteiger partial charge in [-0.1, -0.05) is 6.92 Å². The van der Waals surface area contributed by atoms with Crippen LogP contribution in [0.2, 0.25) is 0 Å². The Morgan fingerprint density at radius 2 is 1.81 bits per heavy atom. The molecule has 0 aliphatic carbocycles. The van der Waals surface area contributed by atoms with Crippen LogP contribution in [-0.4, -0.2) is 35.1 Å². The molecule has 0 bridgehead atoms. The quantitative estimate of drug-likeness (QED) is 0.752. The highest BCUT2D eigenvalue weighted by Crippen LogP contribution is 2.07. The molecule has 0 atom stereocenters. The average molecular weight is 285 g/mol. The van der Waals surface area contributed by atoms with Crippen molar-refractivity contribution < 1.29 is 0 Å². The van der Waals surface area contributed by atoms with E-state index in [1.54, 1.807) is 0 Å². The summed E-state index contributed by atoms with van der Waals surface area (Å²) in [7, 11) is 2.02. The maximum atomic E-state index is 4.43. The lowest BCUT2D eigenvalue weighted by Crippen LogP contribution is -2.23. The Morgan fingerprint density at radius 1 is 1.10 bits per heavy atom. The summed E-state index contributed by atoms with van der Waals surface area (Å²) in [6, 6.07) is 4.08. The minimum atomic E-state index is 0.767. The van der Waals surface area contributed by atoms with Crippen molar-refractivity contribution >= 4 is 5.95 Å². The van der Waals surface area contributed by atoms with Gasteiger partial charge in [0, 0.05) is 50.5 Å². The molecule has 5 heteroatoms. The Kier molecular flexibility index (Phi) is 6.09. The van der Waals surface area contributed by atoms with Gasteiger partial charge in [0.2, 0.25) is 5.95 Å². The number of rotatable bonds is 8. The van der Waals surface area contributed by atoms with Crippen LogP contribution in [0.15, 0.2) is 36.9 Å². The summed E-state index contributed by atoms with van der Waals surface area (Å²) in [6.45, 7) is 4.89. The summed E-state index contributed by atoms with van der Waals surface area (Å²) in [5.41, 5.74) is 2.40. The third kappa shape index (κ3) is 5.11. The van der Waals surface area contributed by atoms with E-state index < -0.39 is 0 Å². The van der Waals surface area contributed by atoms with Crippen molar-refractivity contribution in [2.24, 2.45) is 0 Å². The van der Waals surface area contributed by atoms with Gasteiger partial charge < -0.3 is 10.2 Å². The van der Waals surface area contributed by atoms with Crippen molar-refractivity contribution in [3.05, 3.63) is 48.0 Å². The second-order valence-electron chi connectivity index (χ2n) is 5.10. The van der Waals surface area contributed by atoms with E-state index in [2.05, 4.69) is 32.1 Å². The number of likely N-dealkylation sites (N-methyl/N-ethyl adjacent to an activating group) is 1. The van der Waals surface area contributed by atoms with Crippen molar-refractivity contribution in [1.29, 1.82) is 0 Å². The molecule has 2 aromatic rings. The Balaban J connectivity index is 1.83. The molecule has 0 radical (unpaired) electrons. The summed E-state index contributed by atoms with van der Waals surface area (Å²) in [4.78, 5) is 15.0. The number of nitrogens with one attached hydrogen (secondary N) is 1. The lowest BCUT2D eigenvalue weighted by molar-refractivity contribution is 0.671. The van der Waals surface area contributed by atoms with Gasteiger partial charge in [-0.15, -0.1) is 0 Å². The van der Waals surface area contributed by atoms with Crippen LogP contribution in [0.3, 0.4) is 0 Å². The zero-order chi connectivity index (χ0) is 14.9. The lowest BCUT2D eigenvalue weighted by Gasteiger charge is -2.17. The second kappa shape index (κ2) is 8.32. The van der Waals surface area contributed by atoms with Gasteiger partial charge in [0.05, 0.1) is 0 Å². The van der Waals surface area contributed by atoms with E-state index in [4.69, 9.17) is 0 Å². The molecule has 0 spiro atoms. The molecule has 2 rings (SSSR count). The van der Waals surface area contributed by atoms with Gasteiger partial charge >= 0.3 is 0 Å². The van der Waals surface area contributed by atoms with Crippen LogP contribution in [-0.2, 0) is 13.0 Å². The van der Waals surface area contributed by atoms with Gasteiger partial charge in [0.1, 0.15) is 0 Å². The molecule has 0 unspecified atom stereocenters. The van der Waals surface area contributed by atoms with E-state index in [9.17, 15) is 0 Å². The van der Waals surface area contributed by atoms with Crippen LogP contribution in [0, 0.1) is 0 Å². The Bertz CT molecular complexity index is 512.